The molecule has 1 saturated heterocycles. The quantitative estimate of drug-likeness (QED) is 0.611. The molecule has 0 unspecified atom stereocenters. The minimum atomic E-state index is -4.26. The van der Waals surface area contributed by atoms with Crippen LogP contribution in [0.25, 0.3) is 10.9 Å². The fraction of sp³-hybridized carbons (Fsp3) is 0.500. The molecule has 4 fully saturated rings. The van der Waals surface area contributed by atoms with Gasteiger partial charge in [0.25, 0.3) is 5.56 Å². The predicted octanol–water partition coefficient (Wildman–Crippen LogP) is 2.89. The van der Waals surface area contributed by atoms with Gasteiger partial charge in [0, 0.05) is 43.9 Å². The molecule has 0 spiro atoms. The lowest BCUT2D eigenvalue weighted by molar-refractivity contribution is -0.337. The highest BCUT2D eigenvalue weighted by Gasteiger charge is 2.79. The lowest BCUT2D eigenvalue weighted by Crippen LogP contribution is -2.70. The second kappa shape index (κ2) is 7.16. The van der Waals surface area contributed by atoms with Crippen LogP contribution in [0.5, 0.6) is 0 Å². The number of H-pyrrole nitrogens is 1. The van der Waals surface area contributed by atoms with Crippen LogP contribution in [0.15, 0.2) is 34.0 Å². The summed E-state index contributed by atoms with van der Waals surface area (Å²) in [6.07, 6.45) is -3.21. The lowest BCUT2D eigenvalue weighted by Gasteiger charge is -2.70. The van der Waals surface area contributed by atoms with Crippen molar-refractivity contribution in [3.63, 3.8) is 0 Å². The molecule has 1 atom stereocenters. The van der Waals surface area contributed by atoms with E-state index < -0.39 is 17.0 Å². The molecule has 2 bridgehead atoms. The van der Waals surface area contributed by atoms with E-state index in [4.69, 9.17) is 9.72 Å². The highest BCUT2D eigenvalue weighted by molar-refractivity contribution is 5.84. The summed E-state index contributed by atoms with van der Waals surface area (Å²) in [5.41, 5.74) is -1.36. The Balaban J connectivity index is 1.43. The number of morpholine rings is 1. The van der Waals surface area contributed by atoms with Crippen molar-refractivity contribution < 1.29 is 17.9 Å². The summed E-state index contributed by atoms with van der Waals surface area (Å²) in [5.74, 6) is 1.06. The predicted molar refractivity (Wildman–Crippen MR) is 122 cm³/mol. The largest absolute Gasteiger partial charge is 0.394 e. The van der Waals surface area contributed by atoms with E-state index in [-0.39, 0.29) is 36.5 Å². The number of hydrogen-bond donors (Lipinski definition) is 1. The average Bonchev–Trinajstić information content (AvgIpc) is 2.74. The van der Waals surface area contributed by atoms with Gasteiger partial charge in [-0.25, -0.2) is 9.97 Å². The summed E-state index contributed by atoms with van der Waals surface area (Å²) in [4.78, 5) is 39.0. The van der Waals surface area contributed by atoms with Gasteiger partial charge < -0.3 is 14.6 Å². The molecule has 4 heterocycles. The zero-order valence-electron chi connectivity index (χ0n) is 19.3. The standard InChI is InChI=1S/C24H24F3N5O3/c1-13-29-15-8-17(32-5-6-35-16(9-32)14-3-4-28-18(33)7-14)30-20(19(15)21(34)31(13)2)22-10-23(11-22,12-22)24(25,26)27/h3-4,7-8,16H,5-6,9-12H2,1-2H3,(H,28,33)/t16-,22?,23?/m1/s1. The summed E-state index contributed by atoms with van der Waals surface area (Å²) < 4.78 is 48.0. The van der Waals surface area contributed by atoms with Crippen LogP contribution >= 0.6 is 0 Å². The third kappa shape index (κ3) is 3.17. The van der Waals surface area contributed by atoms with Crippen LogP contribution in [0, 0.1) is 12.3 Å². The Hall–Kier alpha value is -3.21. The van der Waals surface area contributed by atoms with Gasteiger partial charge in [-0.15, -0.1) is 0 Å². The van der Waals surface area contributed by atoms with Gasteiger partial charge in [0.2, 0.25) is 5.56 Å². The molecule has 0 amide bonds. The highest BCUT2D eigenvalue weighted by Crippen LogP contribution is 2.78. The van der Waals surface area contributed by atoms with E-state index in [1.807, 2.05) is 4.90 Å². The van der Waals surface area contributed by atoms with Gasteiger partial charge in [0.15, 0.2) is 0 Å². The van der Waals surface area contributed by atoms with Crippen LogP contribution in [0.3, 0.4) is 0 Å². The van der Waals surface area contributed by atoms with Gasteiger partial charge in [-0.05, 0) is 37.8 Å². The van der Waals surface area contributed by atoms with Crippen molar-refractivity contribution in [1.82, 2.24) is 19.5 Å². The van der Waals surface area contributed by atoms with E-state index in [9.17, 15) is 22.8 Å². The zero-order valence-corrected chi connectivity index (χ0v) is 19.3. The third-order valence-corrected chi connectivity index (χ3v) is 7.97. The van der Waals surface area contributed by atoms with Crippen LogP contribution in [-0.4, -0.2) is 45.4 Å². The number of aromatic nitrogens is 4. The maximum atomic E-state index is 13.6. The molecule has 0 aromatic carbocycles. The van der Waals surface area contributed by atoms with E-state index in [0.29, 0.717) is 47.9 Å². The molecule has 3 saturated carbocycles. The number of nitrogens with one attached hydrogen (secondary N) is 1. The first-order valence-electron chi connectivity index (χ1n) is 11.5. The second-order valence-corrected chi connectivity index (χ2v) is 10.1. The number of aromatic amines is 1. The molecule has 3 aromatic heterocycles. The minimum absolute atomic E-state index is 0.0510. The van der Waals surface area contributed by atoms with E-state index in [1.165, 1.54) is 10.6 Å². The number of pyridine rings is 2. The van der Waals surface area contributed by atoms with Gasteiger partial charge in [-0.2, -0.15) is 13.2 Å². The summed E-state index contributed by atoms with van der Waals surface area (Å²) >= 11 is 0. The molecule has 184 valence electrons. The molecule has 7 rings (SSSR count). The van der Waals surface area contributed by atoms with Crippen molar-refractivity contribution >= 4 is 16.7 Å². The molecule has 3 aliphatic carbocycles. The van der Waals surface area contributed by atoms with Gasteiger partial charge in [0.05, 0.1) is 28.6 Å². The fourth-order valence-electron chi connectivity index (χ4n) is 5.99. The molecule has 0 radical (unpaired) electrons. The Bertz CT molecular complexity index is 1460. The van der Waals surface area contributed by atoms with E-state index >= 15 is 0 Å². The summed E-state index contributed by atoms with van der Waals surface area (Å²) in [5, 5.41) is 0.303. The first-order chi connectivity index (χ1) is 16.5. The smallest absolute Gasteiger partial charge is 0.370 e. The van der Waals surface area contributed by atoms with E-state index in [2.05, 4.69) is 9.97 Å². The third-order valence-electron chi connectivity index (χ3n) is 7.97. The van der Waals surface area contributed by atoms with Crippen LogP contribution < -0.4 is 16.0 Å². The van der Waals surface area contributed by atoms with Crippen molar-refractivity contribution in [3.05, 3.63) is 62.2 Å². The van der Waals surface area contributed by atoms with Crippen LogP contribution in [0.4, 0.5) is 19.0 Å². The van der Waals surface area contributed by atoms with Crippen LogP contribution in [0.2, 0.25) is 0 Å². The highest BCUT2D eigenvalue weighted by atomic mass is 19.4. The van der Waals surface area contributed by atoms with Crippen molar-refractivity contribution in [1.29, 1.82) is 0 Å². The van der Waals surface area contributed by atoms with E-state index in [0.717, 1.165) is 5.56 Å². The molecular formula is C24H24F3N5O3. The second-order valence-electron chi connectivity index (χ2n) is 10.1. The molecule has 8 nitrogen and oxygen atoms in total. The van der Waals surface area contributed by atoms with Crippen LogP contribution in [-0.2, 0) is 17.2 Å². The van der Waals surface area contributed by atoms with E-state index in [1.54, 1.807) is 32.3 Å². The number of fused-ring (bicyclic) bond motifs is 1. The Morgan fingerprint density at radius 1 is 1.17 bits per heavy atom. The normalized spacial score (nSPS) is 28.0. The number of nitrogens with zero attached hydrogens (tertiary/aromatic N) is 4. The number of hydrogen-bond acceptors (Lipinski definition) is 6. The monoisotopic (exact) mass is 487 g/mol. The first-order valence-corrected chi connectivity index (χ1v) is 11.5. The van der Waals surface area contributed by atoms with Crippen molar-refractivity contribution in [2.24, 2.45) is 12.5 Å². The zero-order chi connectivity index (χ0) is 24.8. The van der Waals surface area contributed by atoms with Gasteiger partial charge in [0.1, 0.15) is 17.7 Å². The summed E-state index contributed by atoms with van der Waals surface area (Å²) in [6.45, 7) is 3.03. The first kappa shape index (κ1) is 22.3. The number of halogens is 3. The Labute approximate surface area is 197 Å². The van der Waals surface area contributed by atoms with Crippen molar-refractivity contribution in [2.45, 2.75) is 43.9 Å². The number of ether oxygens (including phenoxy) is 1. The maximum absolute atomic E-state index is 13.6. The Kier molecular flexibility index (Phi) is 4.55. The molecule has 1 N–H and O–H groups in total. The molecule has 1 aliphatic heterocycles. The summed E-state index contributed by atoms with van der Waals surface area (Å²) in [6, 6.07) is 5.00. The number of alkyl halides is 3. The Morgan fingerprint density at radius 2 is 1.91 bits per heavy atom. The molecular weight excluding hydrogens is 463 g/mol. The van der Waals surface area contributed by atoms with Gasteiger partial charge in [-0.1, -0.05) is 0 Å². The number of anilines is 1. The van der Waals surface area contributed by atoms with Crippen molar-refractivity contribution in [3.8, 4) is 0 Å². The Morgan fingerprint density at radius 3 is 2.60 bits per heavy atom. The lowest BCUT2D eigenvalue weighted by atomic mass is 9.33. The molecule has 35 heavy (non-hydrogen) atoms. The average molecular weight is 487 g/mol. The molecule has 4 aliphatic rings. The van der Waals surface area contributed by atoms with Crippen molar-refractivity contribution in [2.75, 3.05) is 24.6 Å². The van der Waals surface area contributed by atoms with Gasteiger partial charge >= 0.3 is 6.18 Å². The molecule has 11 heteroatoms. The number of rotatable bonds is 3. The maximum Gasteiger partial charge on any atom is 0.394 e. The fourth-order valence-corrected chi connectivity index (χ4v) is 5.99. The minimum Gasteiger partial charge on any atom is -0.370 e. The number of aryl methyl sites for hydroxylation is 1. The summed E-state index contributed by atoms with van der Waals surface area (Å²) in [7, 11) is 1.61. The SMILES string of the molecule is Cc1nc2cc(N3CCO[C@@H](c4cc[nH]c(=O)c4)C3)nc(C34CC(C(F)(F)F)(C3)C4)c2c(=O)n1C. The van der Waals surface area contributed by atoms with Crippen LogP contribution in [0.1, 0.15) is 42.4 Å². The van der Waals surface area contributed by atoms with Gasteiger partial charge in [-0.3, -0.25) is 14.2 Å². The molecule has 3 aromatic rings. The topological polar surface area (TPSA) is 93.1 Å².